The average molecular weight is 691 g/mol. The Morgan fingerprint density at radius 3 is 1.56 bits per heavy atom. The molecule has 0 aliphatic carbocycles. The summed E-state index contributed by atoms with van der Waals surface area (Å²) in [6, 6.07) is 61.6. The molecule has 3 aliphatic rings. The van der Waals surface area contributed by atoms with Crippen LogP contribution in [0.3, 0.4) is 0 Å². The lowest BCUT2D eigenvalue weighted by molar-refractivity contribution is 0.632. The fourth-order valence-electron chi connectivity index (χ4n) is 9.53. The highest BCUT2D eigenvalue weighted by Crippen LogP contribution is 2.79. The monoisotopic (exact) mass is 690 g/mol. The van der Waals surface area contributed by atoms with Gasteiger partial charge < -0.3 is 9.71 Å². The van der Waals surface area contributed by atoms with E-state index in [0.29, 0.717) is 0 Å². The van der Waals surface area contributed by atoms with Crippen molar-refractivity contribution in [1.29, 1.82) is 0 Å². The molecule has 0 amide bonds. The molecule has 10 rings (SSSR count). The van der Waals surface area contributed by atoms with Gasteiger partial charge in [0.25, 0.3) is 0 Å². The molecule has 254 valence electrons. The van der Waals surface area contributed by atoms with E-state index in [1.54, 1.807) is 0 Å². The smallest absolute Gasteiger partial charge is 0.332 e. The van der Waals surface area contributed by atoms with Gasteiger partial charge in [0.05, 0.1) is 5.69 Å². The summed E-state index contributed by atoms with van der Waals surface area (Å²) in [6.07, 6.45) is 7.64. The Morgan fingerprint density at radius 2 is 0.942 bits per heavy atom. The predicted molar refractivity (Wildman–Crippen MR) is 227 cm³/mol. The van der Waals surface area contributed by atoms with Gasteiger partial charge in [-0.1, -0.05) is 141 Å². The lowest BCUT2D eigenvalue weighted by Crippen LogP contribution is -2.61. The maximum Gasteiger partial charge on any atom is 0.332 e. The van der Waals surface area contributed by atoms with Crippen molar-refractivity contribution in [3.8, 4) is 22.3 Å². The van der Waals surface area contributed by atoms with Crippen LogP contribution in [0.25, 0.3) is 22.3 Å². The summed E-state index contributed by atoms with van der Waals surface area (Å²) in [6.45, 7) is 4.74. The van der Waals surface area contributed by atoms with Crippen molar-refractivity contribution in [3.05, 3.63) is 175 Å². The van der Waals surface area contributed by atoms with E-state index in [4.69, 9.17) is 0 Å². The molecule has 0 aromatic heterocycles. The number of hydrogen-bond acceptors (Lipinski definition) is 2. The molecule has 0 saturated heterocycles. The fourth-order valence-corrected chi connectivity index (χ4v) is 12.9. The van der Waals surface area contributed by atoms with Gasteiger partial charge in [-0.15, -0.1) is 0 Å². The van der Waals surface area contributed by atoms with Crippen molar-refractivity contribution in [1.82, 2.24) is 0 Å². The maximum absolute atomic E-state index is 2.73. The van der Waals surface area contributed by atoms with Crippen LogP contribution in [0.2, 0.25) is 0 Å². The highest BCUT2D eigenvalue weighted by molar-refractivity contribution is 8.48. The summed E-state index contributed by atoms with van der Waals surface area (Å²) in [7, 11) is -2.62. The van der Waals surface area contributed by atoms with Crippen LogP contribution in [0.5, 0.6) is 0 Å². The van der Waals surface area contributed by atoms with E-state index in [9.17, 15) is 0 Å². The Kier molecular flexibility index (Phi) is 6.49. The van der Waals surface area contributed by atoms with Crippen molar-refractivity contribution in [2.24, 2.45) is 0 Å². The van der Waals surface area contributed by atoms with Gasteiger partial charge in [-0.3, -0.25) is 0 Å². The molecule has 52 heavy (non-hydrogen) atoms. The molecule has 3 aliphatic heterocycles. The molecule has 7 aromatic rings. The first-order chi connectivity index (χ1) is 25.1. The van der Waals surface area contributed by atoms with E-state index in [2.05, 4.69) is 206 Å². The Bertz CT molecular complexity index is 2470. The molecular weight excluding hydrogens is 647 g/mol. The minimum absolute atomic E-state index is 0.0507. The van der Waals surface area contributed by atoms with Crippen LogP contribution >= 0.6 is 9.16 Å². The van der Waals surface area contributed by atoms with Crippen LogP contribution in [-0.4, -0.2) is 25.6 Å². The molecule has 0 spiro atoms. The molecule has 0 radical (unpaired) electrons. The molecule has 0 unspecified atom stereocenters. The maximum atomic E-state index is 2.73. The Hall–Kier alpha value is -5.45. The predicted octanol–water partition coefficient (Wildman–Crippen LogP) is 11.1. The largest absolute Gasteiger partial charge is 0.375 e. The quantitative estimate of drug-likeness (QED) is 0.146. The van der Waals surface area contributed by atoms with Crippen LogP contribution in [0.1, 0.15) is 25.0 Å². The average Bonchev–Trinajstić information content (AvgIpc) is 3.17. The molecule has 0 bridgehead atoms. The SMILES string of the molecule is CC1(C)c2ccccc2N2c3ccccc3B(N3c4cc(-c5ccccc5)ccc4[SH](C)(C)(C)c4ccc(-c5ccccc5)cc43)c3cccc1c32. The summed E-state index contributed by atoms with van der Waals surface area (Å²) in [5.74, 6) is 0. The molecule has 0 saturated carbocycles. The topological polar surface area (TPSA) is 6.48 Å². The van der Waals surface area contributed by atoms with E-state index in [1.165, 1.54) is 82.5 Å². The molecule has 4 heteroatoms. The third-order valence-electron chi connectivity index (χ3n) is 12.2. The fraction of sp³-hybridized carbons (Fsp3) is 0.125. The van der Waals surface area contributed by atoms with Gasteiger partial charge in [0.15, 0.2) is 0 Å². The Labute approximate surface area is 308 Å². The highest BCUT2D eigenvalue weighted by Gasteiger charge is 2.50. The van der Waals surface area contributed by atoms with Crippen LogP contribution < -0.4 is 20.6 Å². The normalized spacial score (nSPS) is 17.4. The van der Waals surface area contributed by atoms with E-state index in [-0.39, 0.29) is 12.3 Å². The zero-order chi connectivity index (χ0) is 35.4. The Morgan fingerprint density at radius 1 is 0.442 bits per heavy atom. The number of benzene rings is 7. The Balaban J connectivity index is 1.32. The molecule has 0 atom stereocenters. The molecule has 3 heterocycles. The van der Waals surface area contributed by atoms with Crippen LogP contribution in [0.4, 0.5) is 28.4 Å². The van der Waals surface area contributed by atoms with Crippen molar-refractivity contribution < 1.29 is 0 Å². The number of thiol groups is 1. The summed E-state index contributed by atoms with van der Waals surface area (Å²) >= 11 is 0. The summed E-state index contributed by atoms with van der Waals surface area (Å²) < 4.78 is 0. The van der Waals surface area contributed by atoms with E-state index >= 15 is 0 Å². The van der Waals surface area contributed by atoms with Crippen LogP contribution in [0.15, 0.2) is 174 Å². The molecular formula is C48H43BN2S. The highest BCUT2D eigenvalue weighted by atomic mass is 32.3. The third kappa shape index (κ3) is 4.28. The van der Waals surface area contributed by atoms with Gasteiger partial charge >= 0.3 is 6.85 Å². The summed E-state index contributed by atoms with van der Waals surface area (Å²) in [5.41, 5.74) is 16.7. The molecule has 7 aromatic carbocycles. The molecule has 2 nitrogen and oxygen atoms in total. The first-order valence-electron chi connectivity index (χ1n) is 18.4. The van der Waals surface area contributed by atoms with E-state index in [0.717, 1.165) is 0 Å². The third-order valence-corrected chi connectivity index (χ3v) is 16.3. The summed E-state index contributed by atoms with van der Waals surface area (Å²) in [5, 5.41) is 0. The van der Waals surface area contributed by atoms with Crippen molar-refractivity contribution >= 4 is 55.4 Å². The number of para-hydroxylation sites is 3. The summed E-state index contributed by atoms with van der Waals surface area (Å²) in [4.78, 5) is 8.20. The van der Waals surface area contributed by atoms with Gasteiger partial charge in [-0.05, 0) is 99.5 Å². The first kappa shape index (κ1) is 31.3. The van der Waals surface area contributed by atoms with Crippen LogP contribution in [0, 0.1) is 0 Å². The standard InChI is InChI=1S/C48H43BN2S/c1-48(2)37-21-12-14-25-41(37)50-42-26-15-13-23-39(42)49(40-24-16-22-38(48)47(40)50)51-43-31-35(33-17-8-6-9-18-33)27-29-45(43)52(3,4,5)46-30-28-36(32-44(46)51)34-19-10-7-11-20-34/h6-32,52H,1-5H3. The van der Waals surface area contributed by atoms with Gasteiger partial charge in [0, 0.05) is 38.0 Å². The van der Waals surface area contributed by atoms with E-state index < -0.39 is 9.16 Å². The van der Waals surface area contributed by atoms with Gasteiger partial charge in [0.2, 0.25) is 0 Å². The van der Waals surface area contributed by atoms with Gasteiger partial charge in [0.1, 0.15) is 0 Å². The lowest BCUT2D eigenvalue weighted by Gasteiger charge is -2.60. The second-order valence-corrected chi connectivity index (χ2v) is 23.0. The second-order valence-electron chi connectivity index (χ2n) is 16.5. The van der Waals surface area contributed by atoms with Gasteiger partial charge in [-0.25, -0.2) is 9.16 Å². The number of fused-ring (bicyclic) bond motifs is 6. The first-order valence-corrected chi connectivity index (χ1v) is 22.0. The van der Waals surface area contributed by atoms with E-state index in [1.807, 2.05) is 0 Å². The molecule has 0 N–H and O–H groups in total. The second kappa shape index (κ2) is 10.8. The zero-order valence-electron chi connectivity index (χ0n) is 30.5. The van der Waals surface area contributed by atoms with Crippen molar-refractivity contribution in [2.45, 2.75) is 29.1 Å². The minimum Gasteiger partial charge on any atom is -0.375 e. The zero-order valence-corrected chi connectivity index (χ0v) is 31.4. The molecule has 0 fully saturated rings. The number of anilines is 5. The minimum atomic E-state index is -2.62. The van der Waals surface area contributed by atoms with Crippen molar-refractivity contribution in [2.75, 3.05) is 28.5 Å². The lowest BCUT2D eigenvalue weighted by atomic mass is 9.45. The number of nitrogens with zero attached hydrogens (tertiary/aromatic N) is 2. The van der Waals surface area contributed by atoms with Crippen molar-refractivity contribution in [3.63, 3.8) is 0 Å². The van der Waals surface area contributed by atoms with Gasteiger partial charge in [-0.2, -0.15) is 0 Å². The van der Waals surface area contributed by atoms with Crippen LogP contribution in [-0.2, 0) is 5.41 Å². The number of rotatable bonds is 3. The number of hydrogen-bond donors (Lipinski definition) is 1.